The zero-order valence-electron chi connectivity index (χ0n) is 6.99. The van der Waals surface area contributed by atoms with Crippen LogP contribution in [0.15, 0.2) is 18.2 Å². The second-order valence-electron chi connectivity index (χ2n) is 2.65. The first kappa shape index (κ1) is 10.1. The topological polar surface area (TPSA) is 57.5 Å². The lowest BCUT2D eigenvalue weighted by Crippen LogP contribution is -2.09. The van der Waals surface area contributed by atoms with E-state index in [1.165, 1.54) is 18.2 Å². The Morgan fingerprint density at radius 2 is 2.08 bits per heavy atom. The predicted molar refractivity (Wildman–Crippen MR) is 52.5 cm³/mol. The van der Waals surface area contributed by atoms with Gasteiger partial charge in [-0.15, -0.1) is 0 Å². The summed E-state index contributed by atoms with van der Waals surface area (Å²) < 4.78 is 0. The number of para-hydroxylation sites is 1. The largest absolute Gasteiger partial charge is 0.504 e. The van der Waals surface area contributed by atoms with Gasteiger partial charge in [-0.3, -0.25) is 4.79 Å². The molecule has 3 nitrogen and oxygen atoms in total. The van der Waals surface area contributed by atoms with E-state index in [4.69, 9.17) is 5.11 Å². The van der Waals surface area contributed by atoms with Gasteiger partial charge in [0.1, 0.15) is 0 Å². The first-order chi connectivity index (χ1) is 6.04. The highest BCUT2D eigenvalue weighted by atomic mass is 79.9. The van der Waals surface area contributed by atoms with E-state index in [1.54, 1.807) is 6.92 Å². The Labute approximate surface area is 84.1 Å². The van der Waals surface area contributed by atoms with Crippen molar-refractivity contribution in [1.29, 1.82) is 0 Å². The second-order valence-corrected chi connectivity index (χ2v) is 4.03. The standard InChI is InChI=1S/C9H9BrO3/c1-5(10)8(12)6-3-2-4-7(11)9(6)13/h2-5,11,13H,1H3. The van der Waals surface area contributed by atoms with Gasteiger partial charge in [0, 0.05) is 0 Å². The molecule has 0 fully saturated rings. The summed E-state index contributed by atoms with van der Waals surface area (Å²) in [5, 5.41) is 18.4. The van der Waals surface area contributed by atoms with Crippen molar-refractivity contribution >= 4 is 21.7 Å². The molecule has 70 valence electrons. The normalized spacial score (nSPS) is 12.5. The molecule has 13 heavy (non-hydrogen) atoms. The van der Waals surface area contributed by atoms with Crippen LogP contribution in [-0.4, -0.2) is 20.8 Å². The summed E-state index contributed by atoms with van der Waals surface area (Å²) in [6.45, 7) is 1.66. The maximum Gasteiger partial charge on any atom is 0.180 e. The lowest BCUT2D eigenvalue weighted by Gasteiger charge is -2.05. The molecule has 0 heterocycles. The number of hydrogen-bond acceptors (Lipinski definition) is 3. The van der Waals surface area contributed by atoms with Crippen LogP contribution in [-0.2, 0) is 0 Å². The van der Waals surface area contributed by atoms with Gasteiger partial charge in [0.2, 0.25) is 0 Å². The molecule has 0 bridgehead atoms. The molecular weight excluding hydrogens is 236 g/mol. The number of phenolic OH excluding ortho intramolecular Hbond substituents is 2. The van der Waals surface area contributed by atoms with Crippen molar-refractivity contribution < 1.29 is 15.0 Å². The van der Waals surface area contributed by atoms with Crippen LogP contribution in [0.1, 0.15) is 17.3 Å². The van der Waals surface area contributed by atoms with Gasteiger partial charge in [-0.25, -0.2) is 0 Å². The van der Waals surface area contributed by atoms with Crippen LogP contribution in [0.3, 0.4) is 0 Å². The zero-order chi connectivity index (χ0) is 10.0. The van der Waals surface area contributed by atoms with Gasteiger partial charge in [0.05, 0.1) is 10.4 Å². The number of carbonyl (C=O) groups is 1. The average molecular weight is 245 g/mol. The van der Waals surface area contributed by atoms with E-state index in [0.29, 0.717) is 0 Å². The number of rotatable bonds is 2. The zero-order valence-corrected chi connectivity index (χ0v) is 8.58. The van der Waals surface area contributed by atoms with E-state index < -0.39 is 0 Å². The molecule has 1 aromatic carbocycles. The Morgan fingerprint density at radius 1 is 1.46 bits per heavy atom. The lowest BCUT2D eigenvalue weighted by atomic mass is 10.1. The molecule has 0 aliphatic heterocycles. The van der Waals surface area contributed by atoms with Crippen molar-refractivity contribution in [3.8, 4) is 11.5 Å². The van der Waals surface area contributed by atoms with Crippen LogP contribution in [0.5, 0.6) is 11.5 Å². The number of carbonyl (C=O) groups excluding carboxylic acids is 1. The minimum Gasteiger partial charge on any atom is -0.504 e. The Bertz CT molecular complexity index is 334. The molecule has 1 unspecified atom stereocenters. The maximum absolute atomic E-state index is 11.4. The fourth-order valence-electron chi connectivity index (χ4n) is 0.944. The van der Waals surface area contributed by atoms with E-state index in [-0.39, 0.29) is 27.7 Å². The number of Topliss-reactive ketones (excluding diaryl/α,β-unsaturated/α-hetero) is 1. The van der Waals surface area contributed by atoms with E-state index in [2.05, 4.69) is 15.9 Å². The van der Waals surface area contributed by atoms with Crippen molar-refractivity contribution in [3.63, 3.8) is 0 Å². The van der Waals surface area contributed by atoms with Crippen molar-refractivity contribution in [2.24, 2.45) is 0 Å². The van der Waals surface area contributed by atoms with E-state index in [9.17, 15) is 9.90 Å². The third-order valence-electron chi connectivity index (χ3n) is 1.64. The number of aromatic hydroxyl groups is 2. The summed E-state index contributed by atoms with van der Waals surface area (Å²) >= 11 is 3.09. The van der Waals surface area contributed by atoms with Crippen molar-refractivity contribution in [2.75, 3.05) is 0 Å². The molecule has 0 saturated carbocycles. The van der Waals surface area contributed by atoms with E-state index in [1.807, 2.05) is 0 Å². The van der Waals surface area contributed by atoms with Gasteiger partial charge >= 0.3 is 0 Å². The van der Waals surface area contributed by atoms with Crippen molar-refractivity contribution in [3.05, 3.63) is 23.8 Å². The smallest absolute Gasteiger partial charge is 0.180 e. The number of ketones is 1. The first-order valence-electron chi connectivity index (χ1n) is 3.73. The molecule has 0 aliphatic carbocycles. The van der Waals surface area contributed by atoms with Crippen LogP contribution in [0.2, 0.25) is 0 Å². The van der Waals surface area contributed by atoms with E-state index >= 15 is 0 Å². The van der Waals surface area contributed by atoms with Crippen LogP contribution < -0.4 is 0 Å². The van der Waals surface area contributed by atoms with Crippen molar-refractivity contribution in [2.45, 2.75) is 11.8 Å². The molecule has 0 saturated heterocycles. The van der Waals surface area contributed by atoms with Crippen LogP contribution in [0.4, 0.5) is 0 Å². The van der Waals surface area contributed by atoms with Crippen molar-refractivity contribution in [1.82, 2.24) is 0 Å². The molecule has 4 heteroatoms. The molecule has 0 amide bonds. The molecular formula is C9H9BrO3. The summed E-state index contributed by atoms with van der Waals surface area (Å²) in [6, 6.07) is 4.30. The highest BCUT2D eigenvalue weighted by Crippen LogP contribution is 2.29. The Kier molecular flexibility index (Phi) is 2.93. The Balaban J connectivity index is 3.15. The van der Waals surface area contributed by atoms with Gasteiger partial charge in [0.15, 0.2) is 17.3 Å². The molecule has 0 aromatic heterocycles. The molecule has 1 rings (SSSR count). The minimum atomic E-state index is -0.375. The lowest BCUT2D eigenvalue weighted by molar-refractivity contribution is 0.0992. The molecule has 0 spiro atoms. The molecule has 1 atom stereocenters. The summed E-state index contributed by atoms with van der Waals surface area (Å²) in [5.74, 6) is -0.897. The van der Waals surface area contributed by atoms with Gasteiger partial charge < -0.3 is 10.2 Å². The van der Waals surface area contributed by atoms with Gasteiger partial charge in [-0.1, -0.05) is 22.0 Å². The van der Waals surface area contributed by atoms with Crippen LogP contribution in [0.25, 0.3) is 0 Å². The Morgan fingerprint density at radius 3 is 2.62 bits per heavy atom. The third-order valence-corrected chi connectivity index (χ3v) is 2.06. The van der Waals surface area contributed by atoms with Gasteiger partial charge in [-0.2, -0.15) is 0 Å². The quantitative estimate of drug-likeness (QED) is 0.476. The van der Waals surface area contributed by atoms with Crippen LogP contribution >= 0.6 is 15.9 Å². The average Bonchev–Trinajstić information content (AvgIpc) is 2.08. The van der Waals surface area contributed by atoms with E-state index in [0.717, 1.165) is 0 Å². The second kappa shape index (κ2) is 3.79. The summed E-state index contributed by atoms with van der Waals surface area (Å²) in [7, 11) is 0. The minimum absolute atomic E-state index is 0.129. The summed E-state index contributed by atoms with van der Waals surface area (Å²) in [5.41, 5.74) is 0.129. The SMILES string of the molecule is CC(Br)C(=O)c1cccc(O)c1O. The fraction of sp³-hybridized carbons (Fsp3) is 0.222. The Hall–Kier alpha value is -1.03. The number of alkyl halides is 1. The van der Waals surface area contributed by atoms with Gasteiger partial charge in [0.25, 0.3) is 0 Å². The first-order valence-corrected chi connectivity index (χ1v) is 4.65. The number of phenols is 2. The predicted octanol–water partition coefficient (Wildman–Crippen LogP) is 2.06. The number of hydrogen-bond donors (Lipinski definition) is 2. The summed E-state index contributed by atoms with van der Waals surface area (Å²) in [6.07, 6.45) is 0. The highest BCUT2D eigenvalue weighted by molar-refractivity contribution is 9.10. The number of halogens is 1. The van der Waals surface area contributed by atoms with Gasteiger partial charge in [-0.05, 0) is 19.1 Å². The highest BCUT2D eigenvalue weighted by Gasteiger charge is 2.17. The molecule has 1 aromatic rings. The molecule has 2 N–H and O–H groups in total. The third kappa shape index (κ3) is 2.01. The number of benzene rings is 1. The van der Waals surface area contributed by atoms with Crippen LogP contribution in [0, 0.1) is 0 Å². The maximum atomic E-state index is 11.4. The monoisotopic (exact) mass is 244 g/mol. The summed E-state index contributed by atoms with van der Waals surface area (Å²) in [4.78, 5) is 11.0. The molecule has 0 aliphatic rings. The molecule has 0 radical (unpaired) electrons. The fourth-order valence-corrected chi connectivity index (χ4v) is 1.19.